The van der Waals surface area contributed by atoms with E-state index in [2.05, 4.69) is 43.4 Å². The lowest BCUT2D eigenvalue weighted by Gasteiger charge is -2.10. The number of hydrogen-bond donors (Lipinski definition) is 1. The largest absolute Gasteiger partial charge is 0.310 e. The second-order valence-corrected chi connectivity index (χ2v) is 7.02. The van der Waals surface area contributed by atoms with Gasteiger partial charge < -0.3 is 5.32 Å². The molecule has 0 atom stereocenters. The average molecular weight is 340 g/mol. The molecule has 2 aromatic rings. The molecule has 2 rings (SSSR count). The van der Waals surface area contributed by atoms with Gasteiger partial charge in [-0.3, -0.25) is 0 Å². The molecule has 21 heavy (non-hydrogen) atoms. The standard InChI is InChI=1S/C17H19Cl2NS/c1-12(2)20-10-13-5-3-7-15(9-13)21-11-14-6-4-8-16(18)17(14)19/h3-9,12,20H,10-11H2,1-2H3. The monoisotopic (exact) mass is 339 g/mol. The highest BCUT2D eigenvalue weighted by Gasteiger charge is 2.05. The molecule has 0 heterocycles. The summed E-state index contributed by atoms with van der Waals surface area (Å²) in [5, 5.41) is 4.70. The SMILES string of the molecule is CC(C)NCc1cccc(SCc2cccc(Cl)c2Cl)c1. The fraction of sp³-hybridized carbons (Fsp3) is 0.294. The summed E-state index contributed by atoms with van der Waals surface area (Å²) in [6.07, 6.45) is 0. The number of thioether (sulfide) groups is 1. The zero-order chi connectivity index (χ0) is 15.2. The highest BCUT2D eigenvalue weighted by molar-refractivity contribution is 7.98. The van der Waals surface area contributed by atoms with E-state index in [0.29, 0.717) is 16.1 Å². The van der Waals surface area contributed by atoms with Crippen molar-refractivity contribution in [1.82, 2.24) is 5.32 Å². The van der Waals surface area contributed by atoms with Crippen molar-refractivity contribution in [2.45, 2.75) is 37.1 Å². The van der Waals surface area contributed by atoms with Crippen LogP contribution in [0, 0.1) is 0 Å². The van der Waals surface area contributed by atoms with Gasteiger partial charge in [0.15, 0.2) is 0 Å². The summed E-state index contributed by atoms with van der Waals surface area (Å²) in [7, 11) is 0. The number of halogens is 2. The Morgan fingerprint density at radius 2 is 1.86 bits per heavy atom. The van der Waals surface area contributed by atoms with Gasteiger partial charge in [-0.25, -0.2) is 0 Å². The molecule has 0 radical (unpaired) electrons. The van der Waals surface area contributed by atoms with Gasteiger partial charge in [-0.1, -0.05) is 61.3 Å². The number of benzene rings is 2. The molecule has 2 aromatic carbocycles. The molecule has 112 valence electrons. The Morgan fingerprint density at radius 1 is 1.10 bits per heavy atom. The fourth-order valence-electron chi connectivity index (χ4n) is 1.89. The summed E-state index contributed by atoms with van der Waals surface area (Å²) < 4.78 is 0. The van der Waals surface area contributed by atoms with Crippen LogP contribution in [-0.2, 0) is 12.3 Å². The molecule has 0 spiro atoms. The van der Waals surface area contributed by atoms with E-state index in [1.807, 2.05) is 18.2 Å². The van der Waals surface area contributed by atoms with Crippen LogP contribution in [0.15, 0.2) is 47.4 Å². The van der Waals surface area contributed by atoms with Crippen LogP contribution in [0.5, 0.6) is 0 Å². The predicted molar refractivity (Wildman–Crippen MR) is 94.4 cm³/mol. The van der Waals surface area contributed by atoms with Crippen molar-refractivity contribution in [3.63, 3.8) is 0 Å². The van der Waals surface area contributed by atoms with Crippen molar-refractivity contribution >= 4 is 35.0 Å². The van der Waals surface area contributed by atoms with Crippen LogP contribution in [0.3, 0.4) is 0 Å². The first-order chi connectivity index (χ1) is 10.1. The Labute approximate surface area is 141 Å². The van der Waals surface area contributed by atoms with Crippen molar-refractivity contribution in [1.29, 1.82) is 0 Å². The minimum absolute atomic E-state index is 0.492. The Kier molecular flexibility index (Phi) is 6.43. The molecule has 0 saturated carbocycles. The first-order valence-corrected chi connectivity index (χ1v) is 8.68. The van der Waals surface area contributed by atoms with Crippen molar-refractivity contribution < 1.29 is 0 Å². The molecule has 0 aliphatic carbocycles. The maximum Gasteiger partial charge on any atom is 0.0632 e. The molecule has 0 amide bonds. The highest BCUT2D eigenvalue weighted by Crippen LogP contribution is 2.31. The zero-order valence-electron chi connectivity index (χ0n) is 12.2. The molecular weight excluding hydrogens is 321 g/mol. The van der Waals surface area contributed by atoms with Gasteiger partial charge in [0.25, 0.3) is 0 Å². The highest BCUT2D eigenvalue weighted by atomic mass is 35.5. The molecule has 1 nitrogen and oxygen atoms in total. The van der Waals surface area contributed by atoms with Crippen LogP contribution in [0.4, 0.5) is 0 Å². The zero-order valence-corrected chi connectivity index (χ0v) is 14.5. The molecule has 0 aliphatic rings. The van der Waals surface area contributed by atoms with E-state index in [0.717, 1.165) is 17.9 Å². The quantitative estimate of drug-likeness (QED) is 0.669. The summed E-state index contributed by atoms with van der Waals surface area (Å²) in [6, 6.07) is 14.9. The van der Waals surface area contributed by atoms with E-state index in [1.165, 1.54) is 10.5 Å². The second kappa shape index (κ2) is 8.09. The normalized spacial score (nSPS) is 11.1. The summed E-state index contributed by atoms with van der Waals surface area (Å²) in [4.78, 5) is 1.24. The topological polar surface area (TPSA) is 12.0 Å². The maximum absolute atomic E-state index is 6.22. The maximum atomic E-state index is 6.22. The molecule has 0 bridgehead atoms. The van der Waals surface area contributed by atoms with Crippen molar-refractivity contribution in [3.8, 4) is 0 Å². The molecule has 0 fully saturated rings. The van der Waals surface area contributed by atoms with E-state index in [4.69, 9.17) is 23.2 Å². The van der Waals surface area contributed by atoms with Crippen LogP contribution in [0.2, 0.25) is 10.0 Å². The first-order valence-electron chi connectivity index (χ1n) is 6.94. The minimum Gasteiger partial charge on any atom is -0.310 e. The van der Waals surface area contributed by atoms with Gasteiger partial charge in [0.1, 0.15) is 0 Å². The number of nitrogens with one attached hydrogen (secondary N) is 1. The van der Waals surface area contributed by atoms with Gasteiger partial charge in [-0.2, -0.15) is 0 Å². The fourth-order valence-corrected chi connectivity index (χ4v) is 3.33. The van der Waals surface area contributed by atoms with Crippen molar-refractivity contribution in [2.75, 3.05) is 0 Å². The molecular formula is C17H19Cl2NS. The average Bonchev–Trinajstić information content (AvgIpc) is 2.47. The van der Waals surface area contributed by atoms with Crippen molar-refractivity contribution in [3.05, 3.63) is 63.6 Å². The van der Waals surface area contributed by atoms with Gasteiger partial charge in [-0.15, -0.1) is 11.8 Å². The van der Waals surface area contributed by atoms with Crippen molar-refractivity contribution in [2.24, 2.45) is 0 Å². The molecule has 0 aliphatic heterocycles. The summed E-state index contributed by atoms with van der Waals surface area (Å²) in [5.41, 5.74) is 2.37. The first kappa shape index (κ1) is 16.7. The summed E-state index contributed by atoms with van der Waals surface area (Å²) in [5.74, 6) is 0.820. The lowest BCUT2D eigenvalue weighted by Crippen LogP contribution is -2.21. The van der Waals surface area contributed by atoms with E-state index >= 15 is 0 Å². The van der Waals surface area contributed by atoms with Crippen LogP contribution in [0.1, 0.15) is 25.0 Å². The van der Waals surface area contributed by atoms with Crippen LogP contribution < -0.4 is 5.32 Å². The minimum atomic E-state index is 0.492. The molecule has 4 heteroatoms. The Hall–Kier alpha value is -0.670. The van der Waals surface area contributed by atoms with E-state index < -0.39 is 0 Å². The van der Waals surface area contributed by atoms with Crippen LogP contribution >= 0.6 is 35.0 Å². The lowest BCUT2D eigenvalue weighted by molar-refractivity contribution is 0.588. The van der Waals surface area contributed by atoms with E-state index in [9.17, 15) is 0 Å². The van der Waals surface area contributed by atoms with Gasteiger partial charge in [0, 0.05) is 23.2 Å². The van der Waals surface area contributed by atoms with Gasteiger partial charge in [0.2, 0.25) is 0 Å². The Bertz CT molecular complexity index is 599. The summed E-state index contributed by atoms with van der Waals surface area (Å²) >= 11 is 14.0. The number of rotatable bonds is 6. The molecule has 0 saturated heterocycles. The van der Waals surface area contributed by atoms with E-state index in [-0.39, 0.29) is 0 Å². The van der Waals surface area contributed by atoms with E-state index in [1.54, 1.807) is 11.8 Å². The predicted octanol–water partition coefficient (Wildman–Crippen LogP) is 5.78. The third-order valence-corrected chi connectivity index (χ3v) is 4.94. The lowest BCUT2D eigenvalue weighted by atomic mass is 10.2. The van der Waals surface area contributed by atoms with Gasteiger partial charge >= 0.3 is 0 Å². The third-order valence-electron chi connectivity index (χ3n) is 3.04. The van der Waals surface area contributed by atoms with Gasteiger partial charge in [0.05, 0.1) is 10.0 Å². The molecule has 0 aromatic heterocycles. The summed E-state index contributed by atoms with van der Waals surface area (Å²) in [6.45, 7) is 5.20. The van der Waals surface area contributed by atoms with Crippen LogP contribution in [-0.4, -0.2) is 6.04 Å². The van der Waals surface area contributed by atoms with Crippen LogP contribution in [0.25, 0.3) is 0 Å². The third kappa shape index (κ3) is 5.23. The second-order valence-electron chi connectivity index (χ2n) is 5.18. The molecule has 0 unspecified atom stereocenters. The Morgan fingerprint density at radius 3 is 2.62 bits per heavy atom. The Balaban J connectivity index is 2.00. The molecule has 1 N–H and O–H groups in total. The smallest absolute Gasteiger partial charge is 0.0632 e. The van der Waals surface area contributed by atoms with Gasteiger partial charge in [-0.05, 0) is 29.3 Å². The number of hydrogen-bond acceptors (Lipinski definition) is 2.